The summed E-state index contributed by atoms with van der Waals surface area (Å²) in [6.07, 6.45) is 0. The van der Waals surface area contributed by atoms with Crippen LogP contribution in [0.1, 0.15) is 5.56 Å². The van der Waals surface area contributed by atoms with E-state index in [9.17, 15) is 18.0 Å². The number of carbonyl (C=O) groups is 1. The summed E-state index contributed by atoms with van der Waals surface area (Å²) in [6, 6.07) is 11.7. The number of carbonyl (C=O) groups excluding carboxylic acids is 1. The van der Waals surface area contributed by atoms with Gasteiger partial charge in [-0.1, -0.05) is 18.2 Å². The molecule has 2 rings (SSSR count). The number of ether oxygens (including phenoxy) is 1. The molecule has 0 fully saturated rings. The van der Waals surface area contributed by atoms with Gasteiger partial charge in [0.25, 0.3) is 0 Å². The van der Waals surface area contributed by atoms with Gasteiger partial charge in [-0.15, -0.1) is 0 Å². The topological polar surface area (TPSA) is 74.8 Å². The molecule has 0 radical (unpaired) electrons. The Morgan fingerprint density at radius 2 is 1.81 bits per heavy atom. The Kier molecular flexibility index (Phi) is 7.48. The fraction of sp³-hybridized carbons (Fsp3) is 0.222. The molecule has 27 heavy (non-hydrogen) atoms. The summed E-state index contributed by atoms with van der Waals surface area (Å²) in [5.41, 5.74) is 0.973. The van der Waals surface area contributed by atoms with Crippen LogP contribution in [0.25, 0.3) is 0 Å². The van der Waals surface area contributed by atoms with Gasteiger partial charge >= 0.3 is 6.61 Å². The third-order valence-electron chi connectivity index (χ3n) is 3.40. The number of hydrogen-bond acceptors (Lipinski definition) is 3. The lowest BCUT2D eigenvalue weighted by Crippen LogP contribution is -2.41. The van der Waals surface area contributed by atoms with Gasteiger partial charge in [0.1, 0.15) is 11.6 Å². The van der Waals surface area contributed by atoms with E-state index >= 15 is 0 Å². The number of halogens is 3. The van der Waals surface area contributed by atoms with E-state index < -0.39 is 12.4 Å². The fourth-order valence-electron chi connectivity index (χ4n) is 2.16. The summed E-state index contributed by atoms with van der Waals surface area (Å²) in [4.78, 5) is 15.9. The Morgan fingerprint density at radius 3 is 2.48 bits per heavy atom. The van der Waals surface area contributed by atoms with Crippen molar-refractivity contribution in [3.8, 4) is 5.75 Å². The van der Waals surface area contributed by atoms with Crippen LogP contribution < -0.4 is 20.7 Å². The zero-order chi connectivity index (χ0) is 19.6. The molecule has 0 bridgehead atoms. The molecule has 0 aromatic heterocycles. The first-order valence-corrected chi connectivity index (χ1v) is 8.00. The quantitative estimate of drug-likeness (QED) is 0.510. The first kappa shape index (κ1) is 20.1. The zero-order valence-electron chi connectivity index (χ0n) is 14.5. The van der Waals surface area contributed by atoms with Crippen LogP contribution in [0, 0.1) is 5.82 Å². The summed E-state index contributed by atoms with van der Waals surface area (Å²) in [5, 5.41) is 8.30. The predicted octanol–water partition coefficient (Wildman–Crippen LogP) is 2.73. The molecule has 0 saturated carbocycles. The second kappa shape index (κ2) is 10.0. The van der Waals surface area contributed by atoms with Crippen LogP contribution in [0.2, 0.25) is 0 Å². The van der Waals surface area contributed by atoms with E-state index in [-0.39, 0.29) is 24.7 Å². The van der Waals surface area contributed by atoms with E-state index in [4.69, 9.17) is 0 Å². The van der Waals surface area contributed by atoms with Crippen LogP contribution in [0.3, 0.4) is 0 Å². The second-order valence-corrected chi connectivity index (χ2v) is 5.32. The Balaban J connectivity index is 1.84. The Morgan fingerprint density at radius 1 is 1.11 bits per heavy atom. The summed E-state index contributed by atoms with van der Waals surface area (Å²) in [6.45, 7) is -2.84. The molecule has 0 atom stereocenters. The van der Waals surface area contributed by atoms with Crippen molar-refractivity contribution in [1.29, 1.82) is 0 Å². The molecule has 144 valence electrons. The van der Waals surface area contributed by atoms with E-state index in [2.05, 4.69) is 25.7 Å². The zero-order valence-corrected chi connectivity index (χ0v) is 14.5. The van der Waals surface area contributed by atoms with Gasteiger partial charge in [0.05, 0.1) is 6.54 Å². The summed E-state index contributed by atoms with van der Waals surface area (Å²) in [5.74, 6) is -0.390. The number of nitrogens with one attached hydrogen (secondary N) is 3. The molecule has 2 aromatic rings. The van der Waals surface area contributed by atoms with Gasteiger partial charge < -0.3 is 20.7 Å². The Bertz CT molecular complexity index is 782. The van der Waals surface area contributed by atoms with Gasteiger partial charge in [0.15, 0.2) is 5.96 Å². The highest BCUT2D eigenvalue weighted by Crippen LogP contribution is 2.19. The number of aliphatic imine (C=N–C) groups is 1. The van der Waals surface area contributed by atoms with Crippen molar-refractivity contribution in [2.45, 2.75) is 13.2 Å². The molecule has 0 unspecified atom stereocenters. The molecule has 2 aromatic carbocycles. The number of benzene rings is 2. The van der Waals surface area contributed by atoms with E-state index in [1.165, 1.54) is 37.4 Å². The van der Waals surface area contributed by atoms with Crippen LogP contribution in [0.5, 0.6) is 5.75 Å². The average Bonchev–Trinajstić information content (AvgIpc) is 2.64. The minimum atomic E-state index is -2.92. The fourth-order valence-corrected chi connectivity index (χ4v) is 2.16. The Labute approximate surface area is 154 Å². The van der Waals surface area contributed by atoms with Crippen LogP contribution in [0.15, 0.2) is 53.5 Å². The highest BCUT2D eigenvalue weighted by Gasteiger charge is 2.10. The van der Waals surface area contributed by atoms with Gasteiger partial charge in [0.2, 0.25) is 5.91 Å². The summed E-state index contributed by atoms with van der Waals surface area (Å²) in [7, 11) is 1.51. The van der Waals surface area contributed by atoms with E-state index in [1.807, 2.05) is 0 Å². The van der Waals surface area contributed by atoms with E-state index in [1.54, 1.807) is 18.2 Å². The van der Waals surface area contributed by atoms with Crippen molar-refractivity contribution in [1.82, 2.24) is 10.6 Å². The van der Waals surface area contributed by atoms with E-state index in [0.29, 0.717) is 17.2 Å². The second-order valence-electron chi connectivity index (χ2n) is 5.32. The molecule has 3 N–H and O–H groups in total. The minimum absolute atomic E-state index is 0.0597. The monoisotopic (exact) mass is 380 g/mol. The number of nitrogens with zero attached hydrogens (tertiary/aromatic N) is 1. The number of para-hydroxylation sites is 1. The van der Waals surface area contributed by atoms with Crippen molar-refractivity contribution in [2.75, 3.05) is 18.9 Å². The maximum atomic E-state index is 12.8. The van der Waals surface area contributed by atoms with Gasteiger partial charge in [-0.3, -0.25) is 9.79 Å². The van der Waals surface area contributed by atoms with Crippen molar-refractivity contribution < 1.29 is 22.7 Å². The summed E-state index contributed by atoms with van der Waals surface area (Å²) < 4.78 is 42.2. The van der Waals surface area contributed by atoms with Crippen LogP contribution in [-0.4, -0.2) is 32.1 Å². The van der Waals surface area contributed by atoms with Gasteiger partial charge in [-0.05, 0) is 30.3 Å². The predicted molar refractivity (Wildman–Crippen MR) is 96.3 cm³/mol. The molecule has 0 saturated heterocycles. The molecular weight excluding hydrogens is 361 g/mol. The molecular formula is C18H19F3N4O2. The average molecular weight is 380 g/mol. The largest absolute Gasteiger partial charge is 0.434 e. The number of guanidine groups is 1. The lowest BCUT2D eigenvalue weighted by molar-refractivity contribution is -0.115. The minimum Gasteiger partial charge on any atom is -0.434 e. The highest BCUT2D eigenvalue weighted by molar-refractivity contribution is 5.94. The first-order chi connectivity index (χ1) is 13.0. The molecule has 1 amide bonds. The maximum Gasteiger partial charge on any atom is 0.387 e. The molecule has 0 aliphatic rings. The number of amides is 1. The third-order valence-corrected chi connectivity index (χ3v) is 3.40. The lowest BCUT2D eigenvalue weighted by Gasteiger charge is -2.14. The van der Waals surface area contributed by atoms with Gasteiger partial charge in [-0.2, -0.15) is 8.78 Å². The van der Waals surface area contributed by atoms with Gasteiger partial charge in [0, 0.05) is 24.8 Å². The van der Waals surface area contributed by atoms with Crippen LogP contribution in [-0.2, 0) is 11.3 Å². The smallest absolute Gasteiger partial charge is 0.387 e. The van der Waals surface area contributed by atoms with Crippen LogP contribution in [0.4, 0.5) is 18.9 Å². The number of alkyl halides is 2. The molecule has 9 heteroatoms. The van der Waals surface area contributed by atoms with Crippen molar-refractivity contribution >= 4 is 17.6 Å². The molecule has 0 spiro atoms. The van der Waals surface area contributed by atoms with Crippen molar-refractivity contribution in [3.05, 3.63) is 59.9 Å². The van der Waals surface area contributed by atoms with Crippen molar-refractivity contribution in [2.24, 2.45) is 4.99 Å². The lowest BCUT2D eigenvalue weighted by atomic mass is 10.2. The number of hydrogen-bond donors (Lipinski definition) is 3. The van der Waals surface area contributed by atoms with Crippen LogP contribution >= 0.6 is 0 Å². The molecule has 6 nitrogen and oxygen atoms in total. The molecule has 0 aliphatic carbocycles. The van der Waals surface area contributed by atoms with E-state index in [0.717, 1.165) is 0 Å². The Hall–Kier alpha value is -3.23. The standard InChI is InChI=1S/C18H19F3N4O2/c1-22-18(23-10-12-4-2-3-5-15(12)27-17(20)21)24-11-16(26)25-14-8-6-13(19)7-9-14/h2-9,17H,10-11H2,1H3,(H,25,26)(H2,22,23,24). The summed E-state index contributed by atoms with van der Waals surface area (Å²) >= 11 is 0. The third kappa shape index (κ3) is 6.89. The normalized spacial score (nSPS) is 11.2. The van der Waals surface area contributed by atoms with Gasteiger partial charge in [-0.25, -0.2) is 4.39 Å². The molecule has 0 heterocycles. The van der Waals surface area contributed by atoms with Crippen molar-refractivity contribution in [3.63, 3.8) is 0 Å². The number of rotatable bonds is 7. The SMILES string of the molecule is CN=C(NCC(=O)Nc1ccc(F)cc1)NCc1ccccc1OC(F)F. The highest BCUT2D eigenvalue weighted by atomic mass is 19.3. The number of anilines is 1. The maximum absolute atomic E-state index is 12.8. The first-order valence-electron chi connectivity index (χ1n) is 8.00. The molecule has 0 aliphatic heterocycles.